The number of methoxy groups -OCH3 is 1. The molecule has 3 rings (SSSR count). The minimum Gasteiger partial charge on any atom is -0.496 e. The first kappa shape index (κ1) is 13.2. The lowest BCUT2D eigenvalue weighted by Crippen LogP contribution is -2.02. The lowest BCUT2D eigenvalue weighted by molar-refractivity contribution is 0.416. The highest BCUT2D eigenvalue weighted by Crippen LogP contribution is 2.28. The summed E-state index contributed by atoms with van der Waals surface area (Å²) in [5.41, 5.74) is 8.66. The van der Waals surface area contributed by atoms with Gasteiger partial charge in [0.1, 0.15) is 11.6 Å². The molecule has 1 heterocycles. The second-order valence-electron chi connectivity index (χ2n) is 4.82. The number of rotatable bonds is 4. The van der Waals surface area contributed by atoms with Gasteiger partial charge in [-0.2, -0.15) is 0 Å². The normalized spacial score (nSPS) is 10.5. The predicted octanol–water partition coefficient (Wildman–Crippen LogP) is 3.19. The zero-order chi connectivity index (χ0) is 14.7. The number of ether oxygens (including phenoxy) is 1. The molecule has 4 heteroatoms. The first-order valence-corrected chi connectivity index (χ1v) is 6.77. The lowest BCUT2D eigenvalue weighted by atomic mass is 10.1. The quantitative estimate of drug-likeness (QED) is 0.746. The van der Waals surface area contributed by atoms with Gasteiger partial charge in [0, 0.05) is 24.6 Å². The molecule has 4 nitrogen and oxygen atoms in total. The Morgan fingerprint density at radius 2 is 1.86 bits per heavy atom. The topological polar surface area (TPSA) is 53.1 Å². The van der Waals surface area contributed by atoms with Crippen molar-refractivity contribution < 1.29 is 4.74 Å². The summed E-state index contributed by atoms with van der Waals surface area (Å²) in [5, 5.41) is 0. The van der Waals surface area contributed by atoms with E-state index in [1.165, 1.54) is 5.56 Å². The van der Waals surface area contributed by atoms with E-state index in [-0.39, 0.29) is 0 Å². The molecule has 0 fully saturated rings. The van der Waals surface area contributed by atoms with E-state index in [1.54, 1.807) is 13.3 Å². The van der Waals surface area contributed by atoms with E-state index >= 15 is 0 Å². The van der Waals surface area contributed by atoms with Crippen molar-refractivity contribution in [1.29, 1.82) is 0 Å². The summed E-state index contributed by atoms with van der Waals surface area (Å²) in [5.74, 6) is 1.71. The average Bonchev–Trinajstić information content (AvgIpc) is 2.97. The number of imidazole rings is 1. The Balaban J connectivity index is 1.95. The lowest BCUT2D eigenvalue weighted by Gasteiger charge is -2.11. The molecule has 0 saturated carbocycles. The minimum absolute atomic E-state index is 0.744. The molecule has 0 bridgehead atoms. The van der Waals surface area contributed by atoms with Crippen molar-refractivity contribution in [3.8, 4) is 17.1 Å². The van der Waals surface area contributed by atoms with Gasteiger partial charge in [-0.3, -0.25) is 0 Å². The summed E-state index contributed by atoms with van der Waals surface area (Å²) >= 11 is 0. The molecule has 0 amide bonds. The minimum atomic E-state index is 0.744. The van der Waals surface area contributed by atoms with Crippen molar-refractivity contribution in [2.75, 3.05) is 12.8 Å². The third kappa shape index (κ3) is 2.74. The van der Waals surface area contributed by atoms with Gasteiger partial charge in [0.05, 0.1) is 12.7 Å². The zero-order valence-corrected chi connectivity index (χ0v) is 11.9. The molecule has 106 valence electrons. The Bertz CT molecular complexity index is 732. The highest BCUT2D eigenvalue weighted by atomic mass is 16.5. The van der Waals surface area contributed by atoms with E-state index in [4.69, 9.17) is 10.5 Å². The molecule has 2 N–H and O–H groups in total. The Labute approximate surface area is 123 Å². The number of benzene rings is 2. The van der Waals surface area contributed by atoms with Gasteiger partial charge in [0.2, 0.25) is 0 Å². The van der Waals surface area contributed by atoms with E-state index in [9.17, 15) is 0 Å². The fourth-order valence-electron chi connectivity index (χ4n) is 2.33. The maximum absolute atomic E-state index is 5.72. The largest absolute Gasteiger partial charge is 0.496 e. The Morgan fingerprint density at radius 3 is 2.62 bits per heavy atom. The van der Waals surface area contributed by atoms with Crippen molar-refractivity contribution in [3.05, 3.63) is 66.5 Å². The molecule has 0 radical (unpaired) electrons. The van der Waals surface area contributed by atoms with Crippen LogP contribution in [0.3, 0.4) is 0 Å². The molecular weight excluding hydrogens is 262 g/mol. The summed E-state index contributed by atoms with van der Waals surface area (Å²) in [7, 11) is 1.67. The summed E-state index contributed by atoms with van der Waals surface area (Å²) in [4.78, 5) is 4.47. The van der Waals surface area contributed by atoms with Crippen LogP contribution in [0.15, 0.2) is 60.9 Å². The van der Waals surface area contributed by atoms with E-state index in [0.717, 1.165) is 29.4 Å². The number of nitrogens with zero attached hydrogens (tertiary/aromatic N) is 2. The molecule has 0 saturated heterocycles. The van der Waals surface area contributed by atoms with Crippen molar-refractivity contribution >= 4 is 5.69 Å². The molecule has 0 atom stereocenters. The second kappa shape index (κ2) is 5.71. The highest BCUT2D eigenvalue weighted by Gasteiger charge is 2.11. The molecule has 21 heavy (non-hydrogen) atoms. The molecule has 0 spiro atoms. The van der Waals surface area contributed by atoms with Crippen molar-refractivity contribution in [2.45, 2.75) is 6.54 Å². The van der Waals surface area contributed by atoms with Gasteiger partial charge in [0.25, 0.3) is 0 Å². The first-order valence-electron chi connectivity index (χ1n) is 6.77. The molecular formula is C17H17N3O. The van der Waals surface area contributed by atoms with Crippen molar-refractivity contribution in [3.63, 3.8) is 0 Å². The second-order valence-corrected chi connectivity index (χ2v) is 4.82. The van der Waals surface area contributed by atoms with Crippen molar-refractivity contribution in [1.82, 2.24) is 9.55 Å². The van der Waals surface area contributed by atoms with Crippen LogP contribution in [0.2, 0.25) is 0 Å². The Kier molecular flexibility index (Phi) is 3.60. The van der Waals surface area contributed by atoms with Gasteiger partial charge in [-0.05, 0) is 29.8 Å². The van der Waals surface area contributed by atoms with Gasteiger partial charge >= 0.3 is 0 Å². The molecule has 0 aliphatic rings. The maximum atomic E-state index is 5.72. The number of anilines is 1. The summed E-state index contributed by atoms with van der Waals surface area (Å²) in [6.45, 7) is 0.744. The number of para-hydroxylation sites is 1. The van der Waals surface area contributed by atoms with E-state index in [0.29, 0.717) is 0 Å². The van der Waals surface area contributed by atoms with Crippen LogP contribution in [0.5, 0.6) is 5.75 Å². The number of hydrogen-bond donors (Lipinski definition) is 1. The zero-order valence-electron chi connectivity index (χ0n) is 11.9. The smallest absolute Gasteiger partial charge is 0.143 e. The molecule has 2 aromatic carbocycles. The van der Waals surface area contributed by atoms with Gasteiger partial charge in [-0.15, -0.1) is 0 Å². The third-order valence-corrected chi connectivity index (χ3v) is 3.40. The third-order valence-electron chi connectivity index (χ3n) is 3.40. The Morgan fingerprint density at radius 1 is 1.10 bits per heavy atom. The van der Waals surface area contributed by atoms with Gasteiger partial charge in [-0.1, -0.05) is 24.3 Å². The molecule has 0 aliphatic carbocycles. The summed E-state index contributed by atoms with van der Waals surface area (Å²) in [6, 6.07) is 15.8. The van der Waals surface area contributed by atoms with Crippen LogP contribution in [0.25, 0.3) is 11.4 Å². The molecule has 1 aromatic heterocycles. The number of aromatic nitrogens is 2. The highest BCUT2D eigenvalue weighted by molar-refractivity contribution is 5.64. The summed E-state index contributed by atoms with van der Waals surface area (Å²) in [6.07, 6.45) is 3.78. The van der Waals surface area contributed by atoms with Crippen LogP contribution in [0, 0.1) is 0 Å². The van der Waals surface area contributed by atoms with Crippen molar-refractivity contribution in [2.24, 2.45) is 0 Å². The monoisotopic (exact) mass is 279 g/mol. The van der Waals surface area contributed by atoms with E-state index in [2.05, 4.69) is 9.55 Å². The predicted molar refractivity (Wildman–Crippen MR) is 84.2 cm³/mol. The fraction of sp³-hybridized carbons (Fsp3) is 0.118. The molecule has 0 unspecified atom stereocenters. The molecule has 0 aliphatic heterocycles. The van der Waals surface area contributed by atoms with Gasteiger partial charge in [0.15, 0.2) is 0 Å². The fourth-order valence-corrected chi connectivity index (χ4v) is 2.33. The number of hydrogen-bond acceptors (Lipinski definition) is 3. The molecule has 3 aromatic rings. The van der Waals surface area contributed by atoms with E-state index in [1.807, 2.05) is 54.7 Å². The standard InChI is InChI=1S/C17H17N3O/c1-21-16-5-3-2-4-15(16)17-19-10-11-20(17)12-13-6-8-14(18)9-7-13/h2-11H,12,18H2,1H3. The van der Waals surface area contributed by atoms with Crippen LogP contribution in [0.4, 0.5) is 5.69 Å². The maximum Gasteiger partial charge on any atom is 0.143 e. The summed E-state index contributed by atoms with van der Waals surface area (Å²) < 4.78 is 7.52. The first-order chi connectivity index (χ1) is 10.3. The van der Waals surface area contributed by atoms with E-state index < -0.39 is 0 Å². The van der Waals surface area contributed by atoms with Crippen LogP contribution in [-0.4, -0.2) is 16.7 Å². The SMILES string of the molecule is COc1ccccc1-c1nccn1Cc1ccc(N)cc1. The number of nitrogen functional groups attached to an aromatic ring is 1. The van der Waals surface area contributed by atoms with Gasteiger partial charge in [-0.25, -0.2) is 4.98 Å². The van der Waals surface area contributed by atoms with Crippen LogP contribution in [-0.2, 0) is 6.54 Å². The number of nitrogens with two attached hydrogens (primary N) is 1. The Hall–Kier alpha value is -2.75. The van der Waals surface area contributed by atoms with Crippen LogP contribution < -0.4 is 10.5 Å². The van der Waals surface area contributed by atoms with Gasteiger partial charge < -0.3 is 15.0 Å². The van der Waals surface area contributed by atoms with Crippen LogP contribution in [0.1, 0.15) is 5.56 Å². The average molecular weight is 279 g/mol. The van der Waals surface area contributed by atoms with Crippen LogP contribution >= 0.6 is 0 Å².